The van der Waals surface area contributed by atoms with Gasteiger partial charge in [-0.15, -0.1) is 0 Å². The molecule has 1 aliphatic heterocycles. The first-order valence-electron chi connectivity index (χ1n) is 6.83. The lowest BCUT2D eigenvalue weighted by molar-refractivity contribution is -0.143. The molecule has 0 radical (unpaired) electrons. The SMILES string of the molecule is Cc1ccc2c(c1)NC(=O)C(C)(C(=O)Nc1ccccn1)O2. The van der Waals surface area contributed by atoms with Gasteiger partial charge in [-0.1, -0.05) is 12.1 Å². The number of hydrogen-bond acceptors (Lipinski definition) is 4. The zero-order chi connectivity index (χ0) is 15.7. The number of rotatable bonds is 2. The molecule has 1 aliphatic rings. The number of ether oxygens (including phenoxy) is 1. The van der Waals surface area contributed by atoms with Crippen LogP contribution in [0.15, 0.2) is 42.6 Å². The van der Waals surface area contributed by atoms with Gasteiger partial charge in [0.05, 0.1) is 5.69 Å². The minimum atomic E-state index is -1.65. The van der Waals surface area contributed by atoms with E-state index >= 15 is 0 Å². The van der Waals surface area contributed by atoms with Crippen LogP contribution >= 0.6 is 0 Å². The molecule has 0 aliphatic carbocycles. The highest BCUT2D eigenvalue weighted by Gasteiger charge is 2.47. The quantitative estimate of drug-likeness (QED) is 0.832. The number of carbonyl (C=O) groups is 2. The Kier molecular flexibility index (Phi) is 3.29. The number of pyridine rings is 1. The van der Waals surface area contributed by atoms with Crippen molar-refractivity contribution in [3.8, 4) is 5.75 Å². The van der Waals surface area contributed by atoms with Gasteiger partial charge in [0.25, 0.3) is 17.4 Å². The molecule has 0 saturated carbocycles. The molecule has 2 amide bonds. The van der Waals surface area contributed by atoms with Crippen molar-refractivity contribution in [1.29, 1.82) is 0 Å². The maximum Gasteiger partial charge on any atom is 0.279 e. The summed E-state index contributed by atoms with van der Waals surface area (Å²) in [5, 5.41) is 5.30. The second-order valence-electron chi connectivity index (χ2n) is 5.26. The molecule has 0 spiro atoms. The van der Waals surface area contributed by atoms with Crippen LogP contribution in [-0.4, -0.2) is 22.4 Å². The van der Waals surface area contributed by atoms with Crippen LogP contribution in [0.5, 0.6) is 5.75 Å². The first-order valence-corrected chi connectivity index (χ1v) is 6.83. The predicted molar refractivity (Wildman–Crippen MR) is 81.7 cm³/mol. The lowest BCUT2D eigenvalue weighted by Gasteiger charge is -2.33. The molecule has 1 unspecified atom stereocenters. The van der Waals surface area contributed by atoms with E-state index in [1.807, 2.05) is 13.0 Å². The zero-order valence-corrected chi connectivity index (χ0v) is 12.2. The van der Waals surface area contributed by atoms with Gasteiger partial charge in [-0.3, -0.25) is 9.59 Å². The number of hydrogen-bond donors (Lipinski definition) is 2. The Labute approximate surface area is 127 Å². The van der Waals surface area contributed by atoms with Crippen molar-refractivity contribution in [2.24, 2.45) is 0 Å². The van der Waals surface area contributed by atoms with Crippen LogP contribution < -0.4 is 15.4 Å². The standard InChI is InChI=1S/C16H15N3O3/c1-10-6-7-12-11(9-10)18-14(20)16(2,22-12)15(21)19-13-5-3-4-8-17-13/h3-9H,1-2H3,(H,18,20)(H,17,19,21). The normalized spacial score (nSPS) is 19.6. The summed E-state index contributed by atoms with van der Waals surface area (Å²) in [6.07, 6.45) is 1.55. The van der Waals surface area contributed by atoms with E-state index in [4.69, 9.17) is 4.74 Å². The Hall–Kier alpha value is -2.89. The number of nitrogens with zero attached hydrogens (tertiary/aromatic N) is 1. The van der Waals surface area contributed by atoms with Crippen molar-refractivity contribution in [2.45, 2.75) is 19.4 Å². The van der Waals surface area contributed by atoms with E-state index in [1.165, 1.54) is 6.92 Å². The number of nitrogens with one attached hydrogen (secondary N) is 2. The van der Waals surface area contributed by atoms with Gasteiger partial charge in [0.2, 0.25) is 0 Å². The lowest BCUT2D eigenvalue weighted by atomic mass is 10.0. The summed E-state index contributed by atoms with van der Waals surface area (Å²) >= 11 is 0. The molecule has 0 saturated heterocycles. The highest BCUT2D eigenvalue weighted by Crippen LogP contribution is 2.34. The Morgan fingerprint density at radius 3 is 2.86 bits per heavy atom. The van der Waals surface area contributed by atoms with E-state index in [-0.39, 0.29) is 0 Å². The average molecular weight is 297 g/mol. The van der Waals surface area contributed by atoms with E-state index in [1.54, 1.807) is 36.5 Å². The predicted octanol–water partition coefficient (Wildman–Crippen LogP) is 2.12. The summed E-state index contributed by atoms with van der Waals surface area (Å²) in [5.41, 5.74) is -0.0999. The van der Waals surface area contributed by atoms with Gasteiger partial charge in [0.15, 0.2) is 0 Å². The minimum absolute atomic E-state index is 0.361. The Morgan fingerprint density at radius 2 is 2.14 bits per heavy atom. The highest BCUT2D eigenvalue weighted by atomic mass is 16.5. The van der Waals surface area contributed by atoms with Crippen molar-refractivity contribution in [1.82, 2.24) is 4.98 Å². The number of amides is 2. The molecule has 2 heterocycles. The Morgan fingerprint density at radius 1 is 1.32 bits per heavy atom. The molecule has 22 heavy (non-hydrogen) atoms. The number of aromatic nitrogens is 1. The molecule has 3 rings (SSSR count). The second kappa shape index (κ2) is 5.14. The molecule has 0 fully saturated rings. The summed E-state index contributed by atoms with van der Waals surface area (Å²) in [5.74, 6) is -0.266. The van der Waals surface area contributed by atoms with Gasteiger partial charge < -0.3 is 15.4 Å². The van der Waals surface area contributed by atoms with Crippen LogP contribution in [0.25, 0.3) is 0 Å². The first-order chi connectivity index (χ1) is 10.5. The van der Waals surface area contributed by atoms with Crippen LogP contribution in [0.3, 0.4) is 0 Å². The van der Waals surface area contributed by atoms with E-state index in [2.05, 4.69) is 15.6 Å². The van der Waals surface area contributed by atoms with E-state index in [0.29, 0.717) is 17.3 Å². The van der Waals surface area contributed by atoms with Crippen molar-refractivity contribution in [3.63, 3.8) is 0 Å². The molecule has 2 aromatic rings. The number of carbonyl (C=O) groups excluding carboxylic acids is 2. The fourth-order valence-corrected chi connectivity index (χ4v) is 2.16. The fourth-order valence-electron chi connectivity index (χ4n) is 2.16. The van der Waals surface area contributed by atoms with Crippen LogP contribution in [0.1, 0.15) is 12.5 Å². The third kappa shape index (κ3) is 2.39. The van der Waals surface area contributed by atoms with Gasteiger partial charge in [-0.2, -0.15) is 0 Å². The smallest absolute Gasteiger partial charge is 0.279 e. The van der Waals surface area contributed by atoms with E-state index in [0.717, 1.165) is 5.56 Å². The fraction of sp³-hybridized carbons (Fsp3) is 0.188. The van der Waals surface area contributed by atoms with Crippen molar-refractivity contribution >= 4 is 23.3 Å². The summed E-state index contributed by atoms with van der Waals surface area (Å²) in [6.45, 7) is 3.34. The summed E-state index contributed by atoms with van der Waals surface area (Å²) < 4.78 is 5.67. The summed E-state index contributed by atoms with van der Waals surface area (Å²) in [4.78, 5) is 28.8. The van der Waals surface area contributed by atoms with Crippen LogP contribution in [0.4, 0.5) is 11.5 Å². The maximum absolute atomic E-state index is 12.4. The van der Waals surface area contributed by atoms with Gasteiger partial charge >= 0.3 is 0 Å². The van der Waals surface area contributed by atoms with Crippen LogP contribution in [0, 0.1) is 6.92 Å². The van der Waals surface area contributed by atoms with Crippen LogP contribution in [-0.2, 0) is 9.59 Å². The highest BCUT2D eigenvalue weighted by molar-refractivity contribution is 6.18. The summed E-state index contributed by atoms with van der Waals surface area (Å²) in [7, 11) is 0. The molecule has 2 N–H and O–H groups in total. The molecule has 1 atom stereocenters. The number of aryl methyl sites for hydroxylation is 1. The van der Waals surface area contributed by atoms with Gasteiger partial charge in [-0.05, 0) is 43.7 Å². The second-order valence-corrected chi connectivity index (χ2v) is 5.26. The molecule has 112 valence electrons. The lowest BCUT2D eigenvalue weighted by Crippen LogP contribution is -2.56. The molecule has 6 heteroatoms. The van der Waals surface area contributed by atoms with Crippen molar-refractivity contribution in [2.75, 3.05) is 10.6 Å². The van der Waals surface area contributed by atoms with E-state index in [9.17, 15) is 9.59 Å². The third-order valence-corrected chi connectivity index (χ3v) is 3.47. The maximum atomic E-state index is 12.4. The van der Waals surface area contributed by atoms with Crippen LogP contribution in [0.2, 0.25) is 0 Å². The van der Waals surface area contributed by atoms with E-state index < -0.39 is 17.4 Å². The minimum Gasteiger partial charge on any atom is -0.466 e. The third-order valence-electron chi connectivity index (χ3n) is 3.47. The molecule has 0 bridgehead atoms. The zero-order valence-electron chi connectivity index (χ0n) is 12.2. The molecule has 1 aromatic carbocycles. The van der Waals surface area contributed by atoms with Gasteiger partial charge in [-0.25, -0.2) is 4.98 Å². The van der Waals surface area contributed by atoms with Gasteiger partial charge in [0, 0.05) is 6.20 Å². The number of anilines is 2. The van der Waals surface area contributed by atoms with Crippen molar-refractivity contribution in [3.05, 3.63) is 48.2 Å². The number of fused-ring (bicyclic) bond motifs is 1. The summed E-state index contributed by atoms with van der Waals surface area (Å²) in [6, 6.07) is 10.5. The molecule has 6 nitrogen and oxygen atoms in total. The largest absolute Gasteiger partial charge is 0.466 e. The van der Waals surface area contributed by atoms with Gasteiger partial charge in [0.1, 0.15) is 11.6 Å². The molecular formula is C16H15N3O3. The Bertz CT molecular complexity index is 746. The monoisotopic (exact) mass is 297 g/mol. The first kappa shape index (κ1) is 14.1. The molecule has 1 aromatic heterocycles. The Balaban J connectivity index is 1.88. The number of benzene rings is 1. The van der Waals surface area contributed by atoms with Crippen molar-refractivity contribution < 1.29 is 14.3 Å². The average Bonchev–Trinajstić information content (AvgIpc) is 2.50. The topological polar surface area (TPSA) is 80.3 Å². The molecular weight excluding hydrogens is 282 g/mol.